The van der Waals surface area contributed by atoms with Crippen molar-refractivity contribution in [3.8, 4) is 0 Å². The molecule has 2 aromatic rings. The fourth-order valence-electron chi connectivity index (χ4n) is 2.87. The number of thiophene rings is 1. The summed E-state index contributed by atoms with van der Waals surface area (Å²) in [6.45, 7) is 3.79. The highest BCUT2D eigenvalue weighted by atomic mass is 35.5. The van der Waals surface area contributed by atoms with Gasteiger partial charge in [-0.05, 0) is 23.6 Å². The Hall–Kier alpha value is -1.96. The minimum atomic E-state index is -0.540. The maximum Gasteiger partial charge on any atom is 0.282 e. The first-order chi connectivity index (χ1) is 11.5. The molecule has 3 rings (SSSR count). The molecule has 8 heteroatoms. The van der Waals surface area contributed by atoms with Crippen LogP contribution in [-0.4, -0.2) is 41.9 Å². The van der Waals surface area contributed by atoms with Gasteiger partial charge in [-0.25, -0.2) is 0 Å². The van der Waals surface area contributed by atoms with Gasteiger partial charge in [-0.1, -0.05) is 17.7 Å². The number of halogens is 1. The molecule has 0 aliphatic carbocycles. The first-order valence-electron chi connectivity index (χ1n) is 7.64. The third kappa shape index (κ3) is 3.75. The molecule has 1 saturated heterocycles. The first-order valence-corrected chi connectivity index (χ1v) is 8.89. The van der Waals surface area contributed by atoms with Crippen LogP contribution in [-0.2, 0) is 6.54 Å². The fraction of sp³-hybridized carbons (Fsp3) is 0.312. The van der Waals surface area contributed by atoms with E-state index in [1.807, 2.05) is 6.07 Å². The molecule has 1 fully saturated rings. The van der Waals surface area contributed by atoms with Gasteiger partial charge in [0.2, 0.25) is 0 Å². The number of nitro benzene ring substituents is 1. The molecule has 1 aromatic carbocycles. The van der Waals surface area contributed by atoms with Gasteiger partial charge in [0, 0.05) is 11.1 Å². The summed E-state index contributed by atoms with van der Waals surface area (Å²) in [4.78, 5) is 27.7. The molecule has 24 heavy (non-hydrogen) atoms. The first kappa shape index (κ1) is 16.9. The van der Waals surface area contributed by atoms with E-state index in [1.54, 1.807) is 16.2 Å². The second-order valence-corrected chi connectivity index (χ2v) is 7.19. The summed E-state index contributed by atoms with van der Waals surface area (Å²) >= 11 is 7.65. The molecular weight excluding hydrogens is 350 g/mol. The highest BCUT2D eigenvalue weighted by molar-refractivity contribution is 7.09. The summed E-state index contributed by atoms with van der Waals surface area (Å²) in [5.74, 6) is -0.320. The van der Waals surface area contributed by atoms with Crippen molar-refractivity contribution in [1.82, 2.24) is 4.90 Å². The van der Waals surface area contributed by atoms with Crippen LogP contribution < -0.4 is 4.90 Å². The molecular formula is C16H17ClN3O3S+. The molecule has 1 N–H and O–H groups in total. The van der Waals surface area contributed by atoms with Crippen LogP contribution in [0.2, 0.25) is 5.02 Å². The van der Waals surface area contributed by atoms with Crippen molar-refractivity contribution in [3.63, 3.8) is 0 Å². The average molecular weight is 367 g/mol. The normalized spacial score (nSPS) is 15.5. The van der Waals surface area contributed by atoms with Gasteiger partial charge in [-0.15, -0.1) is 11.3 Å². The Morgan fingerprint density at radius 2 is 2.08 bits per heavy atom. The Balaban J connectivity index is 1.67. The highest BCUT2D eigenvalue weighted by Gasteiger charge is 2.29. The molecule has 0 unspecified atom stereocenters. The van der Waals surface area contributed by atoms with Gasteiger partial charge in [-0.2, -0.15) is 0 Å². The van der Waals surface area contributed by atoms with E-state index < -0.39 is 4.92 Å². The number of nitrogens with one attached hydrogen (secondary N) is 1. The van der Waals surface area contributed by atoms with Gasteiger partial charge in [-0.3, -0.25) is 14.9 Å². The second kappa shape index (κ2) is 7.29. The van der Waals surface area contributed by atoms with E-state index in [1.165, 1.54) is 28.0 Å². The van der Waals surface area contributed by atoms with Crippen molar-refractivity contribution in [3.05, 3.63) is 61.3 Å². The number of hydrogen-bond donors (Lipinski definition) is 1. The molecule has 1 aliphatic heterocycles. The maximum absolute atomic E-state index is 12.7. The monoisotopic (exact) mass is 366 g/mol. The van der Waals surface area contributed by atoms with Crippen LogP contribution in [0.4, 0.5) is 5.69 Å². The van der Waals surface area contributed by atoms with Gasteiger partial charge < -0.3 is 9.80 Å². The van der Waals surface area contributed by atoms with E-state index in [2.05, 4.69) is 11.4 Å². The molecule has 2 heterocycles. The van der Waals surface area contributed by atoms with Crippen molar-refractivity contribution < 1.29 is 14.6 Å². The van der Waals surface area contributed by atoms with Gasteiger partial charge >= 0.3 is 0 Å². The second-order valence-electron chi connectivity index (χ2n) is 5.72. The van der Waals surface area contributed by atoms with Crippen molar-refractivity contribution in [2.45, 2.75) is 6.54 Å². The molecule has 0 radical (unpaired) electrons. The molecule has 0 spiro atoms. The third-order valence-electron chi connectivity index (χ3n) is 4.15. The third-order valence-corrected chi connectivity index (χ3v) is 5.26. The van der Waals surface area contributed by atoms with E-state index in [4.69, 9.17) is 11.6 Å². The largest absolute Gasteiger partial charge is 0.328 e. The summed E-state index contributed by atoms with van der Waals surface area (Å²) in [5.41, 5.74) is -0.132. The zero-order valence-electron chi connectivity index (χ0n) is 12.9. The van der Waals surface area contributed by atoms with Crippen molar-refractivity contribution >= 4 is 34.5 Å². The quantitative estimate of drug-likeness (QED) is 0.663. The Kier molecular flexibility index (Phi) is 5.13. The summed E-state index contributed by atoms with van der Waals surface area (Å²) in [7, 11) is 0. The van der Waals surface area contributed by atoms with Gasteiger partial charge in [0.15, 0.2) is 0 Å². The van der Waals surface area contributed by atoms with Crippen LogP contribution in [0.25, 0.3) is 0 Å². The van der Waals surface area contributed by atoms with E-state index in [0.717, 1.165) is 19.6 Å². The minimum absolute atomic E-state index is 0.0641. The number of amides is 1. The smallest absolute Gasteiger partial charge is 0.282 e. The van der Waals surface area contributed by atoms with Crippen molar-refractivity contribution in [2.75, 3.05) is 26.2 Å². The SMILES string of the molecule is O=C(c1cc(Cl)ccc1[N+](=O)[O-])N1CC[NH+](Cc2cccs2)CC1. The van der Waals surface area contributed by atoms with Gasteiger partial charge in [0.1, 0.15) is 12.1 Å². The lowest BCUT2D eigenvalue weighted by Gasteiger charge is -2.32. The summed E-state index contributed by atoms with van der Waals surface area (Å²) < 4.78 is 0. The predicted molar refractivity (Wildman–Crippen MR) is 92.7 cm³/mol. The fourth-order valence-corrected chi connectivity index (χ4v) is 3.82. The Labute approximate surface area is 148 Å². The van der Waals surface area contributed by atoms with E-state index in [9.17, 15) is 14.9 Å². The number of nitro groups is 1. The molecule has 1 aromatic heterocycles. The lowest BCUT2D eigenvalue weighted by Crippen LogP contribution is -3.13. The number of quaternary nitrogens is 1. The van der Waals surface area contributed by atoms with E-state index in [0.29, 0.717) is 18.1 Å². The Morgan fingerprint density at radius 3 is 2.71 bits per heavy atom. The van der Waals surface area contributed by atoms with Crippen LogP contribution in [0.5, 0.6) is 0 Å². The van der Waals surface area contributed by atoms with Crippen LogP contribution >= 0.6 is 22.9 Å². The number of nitrogens with zero attached hydrogens (tertiary/aromatic N) is 2. The number of carbonyl (C=O) groups is 1. The molecule has 126 valence electrons. The summed E-state index contributed by atoms with van der Waals surface area (Å²) in [6.07, 6.45) is 0. The highest BCUT2D eigenvalue weighted by Crippen LogP contribution is 2.24. The topological polar surface area (TPSA) is 67.9 Å². The van der Waals surface area contributed by atoms with Crippen LogP contribution in [0.1, 0.15) is 15.2 Å². The minimum Gasteiger partial charge on any atom is -0.328 e. The average Bonchev–Trinajstić information content (AvgIpc) is 3.07. The molecule has 6 nitrogen and oxygen atoms in total. The van der Waals surface area contributed by atoms with Gasteiger partial charge in [0.05, 0.1) is 36.0 Å². The molecule has 1 amide bonds. The zero-order valence-corrected chi connectivity index (χ0v) is 14.5. The van der Waals surface area contributed by atoms with Gasteiger partial charge in [0.25, 0.3) is 11.6 Å². The predicted octanol–water partition coefficient (Wildman–Crippen LogP) is 1.85. The van der Waals surface area contributed by atoms with Crippen LogP contribution in [0.3, 0.4) is 0 Å². The number of carbonyl (C=O) groups excluding carboxylic acids is 1. The standard InChI is InChI=1S/C16H16ClN3O3S/c17-12-3-4-15(20(22)23)14(10-12)16(21)19-7-5-18(6-8-19)11-13-2-1-9-24-13/h1-4,9-10H,5-8,11H2/p+1. The molecule has 0 saturated carbocycles. The Bertz CT molecular complexity index is 743. The number of benzene rings is 1. The summed E-state index contributed by atoms with van der Waals surface area (Å²) in [5, 5.41) is 13.5. The zero-order chi connectivity index (χ0) is 17.1. The van der Waals surface area contributed by atoms with Crippen LogP contribution in [0.15, 0.2) is 35.7 Å². The summed E-state index contributed by atoms with van der Waals surface area (Å²) in [6, 6.07) is 8.25. The number of hydrogen-bond acceptors (Lipinski definition) is 4. The van der Waals surface area contributed by atoms with Crippen LogP contribution in [0, 0.1) is 10.1 Å². The lowest BCUT2D eigenvalue weighted by molar-refractivity contribution is -0.917. The van der Waals surface area contributed by atoms with E-state index in [-0.39, 0.29) is 17.2 Å². The van der Waals surface area contributed by atoms with E-state index >= 15 is 0 Å². The number of piperazine rings is 1. The lowest BCUT2D eigenvalue weighted by atomic mass is 10.1. The van der Waals surface area contributed by atoms with Crippen molar-refractivity contribution in [1.29, 1.82) is 0 Å². The maximum atomic E-state index is 12.7. The molecule has 0 bridgehead atoms. The molecule has 0 atom stereocenters. The van der Waals surface area contributed by atoms with Crippen molar-refractivity contribution in [2.24, 2.45) is 0 Å². The Morgan fingerprint density at radius 1 is 1.33 bits per heavy atom. The molecule has 1 aliphatic rings. The number of rotatable bonds is 4.